The number of alkyl halides is 4. The summed E-state index contributed by atoms with van der Waals surface area (Å²) in [5.74, 6) is -3.23. The molecule has 20 heteroatoms. The van der Waals surface area contributed by atoms with Crippen LogP contribution in [0.25, 0.3) is 22.0 Å². The molecule has 3 aromatic heterocycles. The summed E-state index contributed by atoms with van der Waals surface area (Å²) >= 11 is 6.53. The third kappa shape index (κ3) is 7.53. The number of aliphatic hydroxyl groups is 1. The summed E-state index contributed by atoms with van der Waals surface area (Å²) in [6.07, 6.45) is -3.52. The average molecular weight is 821 g/mol. The number of anilines is 1. The predicted molar refractivity (Wildman–Crippen MR) is 192 cm³/mol. The summed E-state index contributed by atoms with van der Waals surface area (Å²) in [5, 5.41) is 26.3. The molecule has 0 bridgehead atoms. The number of halogens is 7. The lowest BCUT2D eigenvalue weighted by atomic mass is 9.93. The molecule has 3 atom stereocenters. The number of aryl methyl sites for hydroxylation is 1. The lowest BCUT2D eigenvalue weighted by Gasteiger charge is -2.23. The van der Waals surface area contributed by atoms with E-state index >= 15 is 8.78 Å². The SMILES string of the molecule is Cn1nc(NS(N)(=O)=O)c2c(Cl)ccc(-c3ccc(C#CC(C)(C)O)nc3[C@H](Cc3cc(F)cc(F)c3)NC(=O)Cn3nc(C(F)F)c4c3C(F)(F)[C@@H]3C[C@H]43)c21. The Morgan fingerprint density at radius 1 is 1.11 bits per heavy atom. The molecule has 12 nitrogen and oxygen atoms in total. The Labute approximate surface area is 320 Å². The minimum Gasteiger partial charge on any atom is -0.378 e. The van der Waals surface area contributed by atoms with Crippen molar-refractivity contribution < 1.29 is 44.7 Å². The summed E-state index contributed by atoms with van der Waals surface area (Å²) in [4.78, 5) is 18.6. The summed E-state index contributed by atoms with van der Waals surface area (Å²) in [6.45, 7) is 1.92. The first-order valence-corrected chi connectivity index (χ1v) is 18.8. The summed E-state index contributed by atoms with van der Waals surface area (Å²) in [7, 11) is -2.84. The Hall–Kier alpha value is -5.16. The number of benzene rings is 2. The number of carbonyl (C=O) groups excluding carboxylic acids is 1. The fraction of sp³-hybridized carbons (Fsp3) is 0.333. The second-order valence-corrected chi connectivity index (χ2v) is 15.9. The van der Waals surface area contributed by atoms with Crippen molar-refractivity contribution >= 4 is 44.4 Å². The molecule has 1 saturated carbocycles. The minimum atomic E-state index is -4.33. The number of fused-ring (bicyclic) bond motifs is 4. The van der Waals surface area contributed by atoms with Crippen LogP contribution in [0, 0.1) is 29.4 Å². The predicted octanol–water partition coefficient (Wildman–Crippen LogP) is 5.75. The van der Waals surface area contributed by atoms with E-state index in [0.29, 0.717) is 16.3 Å². The first kappa shape index (κ1) is 39.1. The second kappa shape index (κ2) is 13.8. The molecule has 0 spiro atoms. The van der Waals surface area contributed by atoms with E-state index in [4.69, 9.17) is 16.7 Å². The molecule has 5 aromatic rings. The van der Waals surface area contributed by atoms with E-state index in [9.17, 15) is 35.9 Å². The van der Waals surface area contributed by atoms with Crippen LogP contribution in [0.15, 0.2) is 42.5 Å². The van der Waals surface area contributed by atoms with Crippen LogP contribution >= 0.6 is 11.6 Å². The highest BCUT2D eigenvalue weighted by Gasteiger charge is 2.67. The van der Waals surface area contributed by atoms with E-state index in [1.807, 2.05) is 0 Å². The zero-order valence-corrected chi connectivity index (χ0v) is 31.1. The molecule has 0 saturated heterocycles. The van der Waals surface area contributed by atoms with Crippen molar-refractivity contribution in [1.82, 2.24) is 29.9 Å². The van der Waals surface area contributed by atoms with Gasteiger partial charge in [0.25, 0.3) is 22.6 Å². The van der Waals surface area contributed by atoms with Crippen molar-refractivity contribution in [2.75, 3.05) is 4.72 Å². The molecule has 0 aliphatic heterocycles. The van der Waals surface area contributed by atoms with Gasteiger partial charge in [0.05, 0.1) is 27.7 Å². The van der Waals surface area contributed by atoms with Gasteiger partial charge in [0.1, 0.15) is 40.9 Å². The molecule has 0 radical (unpaired) electrons. The number of nitrogens with one attached hydrogen (secondary N) is 2. The van der Waals surface area contributed by atoms with Crippen molar-refractivity contribution in [3.05, 3.63) is 93.0 Å². The molecule has 56 heavy (non-hydrogen) atoms. The summed E-state index contributed by atoms with van der Waals surface area (Å²) in [5.41, 5.74) is -2.45. The number of amides is 1. The van der Waals surface area contributed by atoms with Crippen LogP contribution in [-0.4, -0.2) is 49.6 Å². The van der Waals surface area contributed by atoms with Crippen molar-refractivity contribution in [3.8, 4) is 23.0 Å². The van der Waals surface area contributed by atoms with Crippen molar-refractivity contribution in [2.45, 2.75) is 63.1 Å². The van der Waals surface area contributed by atoms with Crippen LogP contribution in [0.1, 0.15) is 72.6 Å². The number of pyridine rings is 1. The lowest BCUT2D eigenvalue weighted by molar-refractivity contribution is -0.123. The van der Waals surface area contributed by atoms with Crippen LogP contribution in [0.4, 0.5) is 32.2 Å². The molecule has 7 rings (SSSR count). The van der Waals surface area contributed by atoms with Crippen LogP contribution in [-0.2, 0) is 40.9 Å². The Balaban J connectivity index is 1.39. The Morgan fingerprint density at radius 3 is 2.43 bits per heavy atom. The first-order valence-electron chi connectivity index (χ1n) is 16.8. The number of hydrogen-bond acceptors (Lipinski definition) is 7. The highest BCUT2D eigenvalue weighted by molar-refractivity contribution is 7.90. The van der Waals surface area contributed by atoms with Gasteiger partial charge in [-0.15, -0.1) is 0 Å². The van der Waals surface area contributed by atoms with Crippen LogP contribution in [0.3, 0.4) is 0 Å². The largest absolute Gasteiger partial charge is 0.378 e. The number of carbonyl (C=O) groups is 1. The number of nitrogens with two attached hydrogens (primary N) is 1. The smallest absolute Gasteiger partial charge is 0.297 e. The van der Waals surface area contributed by atoms with Gasteiger partial charge in [-0.05, 0) is 74.4 Å². The van der Waals surface area contributed by atoms with Gasteiger partial charge in [-0.2, -0.15) is 27.4 Å². The maximum absolute atomic E-state index is 15.4. The Kier molecular flexibility index (Phi) is 9.63. The Morgan fingerprint density at radius 2 is 1.79 bits per heavy atom. The standard InChI is InChI=1S/C36H31ClF6N8O4S/c1-35(2,53)9-8-19-4-5-20(21-6-7-24(37)28-31(21)50(3)48-34(28)49-56(44,54)55)29(45-19)25(12-16-10-17(38)13-18(39)11-16)46-26(52)15-51-32-27(30(47-51)33(40)41)22-14-23(22)36(32,42)43/h4-7,10-11,13,22-23,25,33,53H,12,14-15H2,1-3H3,(H,46,52)(H,48,49)(H2,44,54,55)/t22-,23+,25-/m0/s1. The highest BCUT2D eigenvalue weighted by atomic mass is 35.5. The molecule has 0 unspecified atom stereocenters. The molecular formula is C36H31ClF6N8O4S. The van der Waals surface area contributed by atoms with E-state index < -0.39 is 81.5 Å². The molecule has 2 aliphatic carbocycles. The zero-order valence-electron chi connectivity index (χ0n) is 29.5. The van der Waals surface area contributed by atoms with Crippen LogP contribution in [0.5, 0.6) is 0 Å². The Bertz CT molecular complexity index is 2590. The molecule has 294 valence electrons. The van der Waals surface area contributed by atoms with Crippen molar-refractivity contribution in [3.63, 3.8) is 0 Å². The number of rotatable bonds is 10. The maximum Gasteiger partial charge on any atom is 0.297 e. The van der Waals surface area contributed by atoms with E-state index in [0.717, 1.165) is 12.1 Å². The van der Waals surface area contributed by atoms with Crippen LogP contribution < -0.4 is 15.2 Å². The molecule has 3 heterocycles. The quantitative estimate of drug-likeness (QED) is 0.103. The molecular weight excluding hydrogens is 790 g/mol. The lowest BCUT2D eigenvalue weighted by Crippen LogP contribution is -2.35. The van der Waals surface area contributed by atoms with Crippen molar-refractivity contribution in [2.24, 2.45) is 18.1 Å². The third-order valence-corrected chi connectivity index (χ3v) is 10.2. The van der Waals surface area contributed by atoms with E-state index in [2.05, 4.69) is 37.1 Å². The van der Waals surface area contributed by atoms with E-state index in [1.165, 1.54) is 43.8 Å². The number of nitrogens with zero attached hydrogens (tertiary/aromatic N) is 5. The summed E-state index contributed by atoms with van der Waals surface area (Å²) in [6, 6.07) is 7.30. The average Bonchev–Trinajstić information content (AvgIpc) is 3.62. The third-order valence-electron chi connectivity index (χ3n) is 9.38. The fourth-order valence-electron chi connectivity index (χ4n) is 7.19. The topological polar surface area (TPSA) is 170 Å². The first-order chi connectivity index (χ1) is 26.1. The van der Waals surface area contributed by atoms with E-state index in [1.54, 1.807) is 6.07 Å². The molecule has 1 fully saturated rings. The van der Waals surface area contributed by atoms with Gasteiger partial charge in [-0.25, -0.2) is 27.7 Å². The molecule has 2 aliphatic rings. The van der Waals surface area contributed by atoms with Gasteiger partial charge in [0.15, 0.2) is 5.82 Å². The van der Waals surface area contributed by atoms with E-state index in [-0.39, 0.29) is 62.7 Å². The number of aromatic nitrogens is 5. The van der Waals surface area contributed by atoms with Crippen LogP contribution in [0.2, 0.25) is 5.02 Å². The van der Waals surface area contributed by atoms with Gasteiger partial charge in [-0.1, -0.05) is 23.6 Å². The second-order valence-electron chi connectivity index (χ2n) is 14.2. The zero-order chi connectivity index (χ0) is 40.6. The van der Waals surface area contributed by atoms with Gasteiger partial charge in [0.2, 0.25) is 5.91 Å². The highest BCUT2D eigenvalue weighted by Crippen LogP contribution is 2.68. The molecule has 2 aromatic carbocycles. The van der Waals surface area contributed by atoms with Gasteiger partial charge >= 0.3 is 0 Å². The minimum absolute atomic E-state index is 0.00174. The molecule has 1 amide bonds. The monoisotopic (exact) mass is 820 g/mol. The van der Waals surface area contributed by atoms with Gasteiger partial charge in [-0.3, -0.25) is 18.9 Å². The summed E-state index contributed by atoms with van der Waals surface area (Å²) < 4.78 is 116. The normalized spacial score (nSPS) is 17.7. The number of hydrogen-bond donors (Lipinski definition) is 4. The van der Waals surface area contributed by atoms with Gasteiger partial charge < -0.3 is 10.4 Å². The fourth-order valence-corrected chi connectivity index (χ4v) is 7.84. The van der Waals surface area contributed by atoms with Gasteiger partial charge in [0, 0.05) is 35.7 Å². The molecule has 5 N–H and O–H groups in total. The van der Waals surface area contributed by atoms with Crippen molar-refractivity contribution in [1.29, 1.82) is 0 Å². The maximum atomic E-state index is 15.4.